The van der Waals surface area contributed by atoms with Crippen LogP contribution in [0.15, 0.2) is 24.3 Å². The van der Waals surface area contributed by atoms with Crippen molar-refractivity contribution in [1.82, 2.24) is 4.90 Å². The predicted molar refractivity (Wildman–Crippen MR) is 78.9 cm³/mol. The second kappa shape index (κ2) is 6.81. The topological polar surface area (TPSA) is 23.6 Å². The molecule has 1 saturated heterocycles. The Morgan fingerprint density at radius 2 is 1.83 bits per heavy atom. The highest BCUT2D eigenvalue weighted by Crippen LogP contribution is 2.16. The Labute approximate surface area is 113 Å². The molecule has 1 aliphatic rings. The highest BCUT2D eigenvalue weighted by Gasteiger charge is 2.16. The number of benzene rings is 1. The van der Waals surface area contributed by atoms with E-state index in [1.165, 1.54) is 18.0 Å². The largest absolute Gasteiger partial charge is 0.369 e. The SMILES string of the molecule is CSCCN1CCN(c2ccc(C=O)cc2)CC1. The van der Waals surface area contributed by atoms with E-state index < -0.39 is 0 Å². The van der Waals surface area contributed by atoms with Crippen molar-refractivity contribution in [2.75, 3.05) is 49.6 Å². The van der Waals surface area contributed by atoms with Crippen LogP contribution >= 0.6 is 11.8 Å². The summed E-state index contributed by atoms with van der Waals surface area (Å²) in [7, 11) is 0. The molecular formula is C14H20N2OS. The Balaban J connectivity index is 1.86. The molecule has 1 aliphatic heterocycles. The molecule has 0 spiro atoms. The molecule has 1 fully saturated rings. The van der Waals surface area contributed by atoms with E-state index >= 15 is 0 Å². The van der Waals surface area contributed by atoms with E-state index in [0.717, 1.165) is 38.0 Å². The molecule has 0 unspecified atom stereocenters. The lowest BCUT2D eigenvalue weighted by Gasteiger charge is -2.36. The van der Waals surface area contributed by atoms with Crippen molar-refractivity contribution in [3.8, 4) is 0 Å². The molecule has 0 N–H and O–H groups in total. The van der Waals surface area contributed by atoms with E-state index in [1.807, 2.05) is 36.0 Å². The van der Waals surface area contributed by atoms with Crippen LogP contribution in [-0.4, -0.2) is 55.9 Å². The van der Waals surface area contributed by atoms with Gasteiger partial charge in [0.2, 0.25) is 0 Å². The first-order valence-corrected chi connectivity index (χ1v) is 7.74. The van der Waals surface area contributed by atoms with Gasteiger partial charge < -0.3 is 4.90 Å². The highest BCUT2D eigenvalue weighted by molar-refractivity contribution is 7.98. The van der Waals surface area contributed by atoms with Crippen LogP contribution in [0.2, 0.25) is 0 Å². The maximum atomic E-state index is 10.6. The number of hydrogen-bond acceptors (Lipinski definition) is 4. The lowest BCUT2D eigenvalue weighted by Crippen LogP contribution is -2.47. The summed E-state index contributed by atoms with van der Waals surface area (Å²) in [6.07, 6.45) is 3.05. The van der Waals surface area contributed by atoms with Crippen molar-refractivity contribution in [2.24, 2.45) is 0 Å². The molecule has 98 valence electrons. The zero-order valence-electron chi connectivity index (χ0n) is 10.8. The van der Waals surface area contributed by atoms with E-state index in [2.05, 4.69) is 16.1 Å². The van der Waals surface area contributed by atoms with Gasteiger partial charge in [-0.1, -0.05) is 0 Å². The quantitative estimate of drug-likeness (QED) is 0.759. The monoisotopic (exact) mass is 264 g/mol. The lowest BCUT2D eigenvalue weighted by atomic mass is 10.2. The molecule has 0 aliphatic carbocycles. The lowest BCUT2D eigenvalue weighted by molar-refractivity contribution is 0.112. The van der Waals surface area contributed by atoms with Gasteiger partial charge in [-0.3, -0.25) is 9.69 Å². The molecule has 0 aromatic heterocycles. The van der Waals surface area contributed by atoms with Crippen molar-refractivity contribution in [1.29, 1.82) is 0 Å². The molecule has 1 aromatic rings. The average molecular weight is 264 g/mol. The van der Waals surface area contributed by atoms with Crippen molar-refractivity contribution in [2.45, 2.75) is 0 Å². The molecule has 0 saturated carbocycles. The molecule has 0 atom stereocenters. The smallest absolute Gasteiger partial charge is 0.150 e. The summed E-state index contributed by atoms with van der Waals surface area (Å²) in [6, 6.07) is 7.87. The molecule has 1 heterocycles. The first-order chi connectivity index (χ1) is 8.83. The molecule has 2 rings (SSSR count). The standard InChI is InChI=1S/C14H20N2OS/c1-18-11-10-15-6-8-16(9-7-15)14-4-2-13(12-17)3-5-14/h2-5,12H,6-11H2,1H3. The number of carbonyl (C=O) groups is 1. The first-order valence-electron chi connectivity index (χ1n) is 6.35. The number of anilines is 1. The van der Waals surface area contributed by atoms with Crippen LogP contribution in [0.5, 0.6) is 0 Å². The number of hydrogen-bond donors (Lipinski definition) is 0. The maximum Gasteiger partial charge on any atom is 0.150 e. The third-order valence-electron chi connectivity index (χ3n) is 3.38. The van der Waals surface area contributed by atoms with Crippen LogP contribution in [0.4, 0.5) is 5.69 Å². The summed E-state index contributed by atoms with van der Waals surface area (Å²) >= 11 is 1.91. The molecule has 3 nitrogen and oxygen atoms in total. The van der Waals surface area contributed by atoms with Gasteiger partial charge in [-0.05, 0) is 30.5 Å². The van der Waals surface area contributed by atoms with Crippen LogP contribution in [0.1, 0.15) is 10.4 Å². The van der Waals surface area contributed by atoms with E-state index in [4.69, 9.17) is 0 Å². The maximum absolute atomic E-state index is 10.6. The Bertz CT molecular complexity index is 372. The molecule has 0 radical (unpaired) electrons. The van der Waals surface area contributed by atoms with Gasteiger partial charge in [0.15, 0.2) is 0 Å². The molecule has 4 heteroatoms. The minimum atomic E-state index is 0.748. The third-order valence-corrected chi connectivity index (χ3v) is 3.97. The van der Waals surface area contributed by atoms with Gasteiger partial charge in [0, 0.05) is 49.7 Å². The summed E-state index contributed by atoms with van der Waals surface area (Å²) < 4.78 is 0. The van der Waals surface area contributed by atoms with Crippen molar-refractivity contribution in [3.63, 3.8) is 0 Å². The van der Waals surface area contributed by atoms with Gasteiger partial charge >= 0.3 is 0 Å². The Kier molecular flexibility index (Phi) is 5.08. The zero-order valence-corrected chi connectivity index (χ0v) is 11.7. The van der Waals surface area contributed by atoms with Gasteiger partial charge in [0.1, 0.15) is 6.29 Å². The van der Waals surface area contributed by atoms with E-state index in [0.29, 0.717) is 0 Å². The molecule has 1 aromatic carbocycles. The number of thioether (sulfide) groups is 1. The summed E-state index contributed by atoms with van der Waals surface area (Å²) in [6.45, 7) is 5.62. The Morgan fingerprint density at radius 1 is 1.17 bits per heavy atom. The normalized spacial score (nSPS) is 16.8. The molecule has 0 amide bonds. The highest BCUT2D eigenvalue weighted by atomic mass is 32.2. The van der Waals surface area contributed by atoms with E-state index in [-0.39, 0.29) is 0 Å². The summed E-state index contributed by atoms with van der Waals surface area (Å²) in [5.74, 6) is 1.22. The molecular weight excluding hydrogens is 244 g/mol. The fourth-order valence-corrected chi connectivity index (χ4v) is 2.65. The van der Waals surface area contributed by atoms with Gasteiger partial charge in [-0.2, -0.15) is 11.8 Å². The average Bonchev–Trinajstić information content (AvgIpc) is 2.46. The van der Waals surface area contributed by atoms with Crippen LogP contribution in [-0.2, 0) is 0 Å². The van der Waals surface area contributed by atoms with E-state index in [1.54, 1.807) is 0 Å². The second-order valence-electron chi connectivity index (χ2n) is 4.53. The third kappa shape index (κ3) is 3.50. The van der Waals surface area contributed by atoms with Crippen molar-refractivity contribution >= 4 is 23.7 Å². The van der Waals surface area contributed by atoms with Crippen LogP contribution in [0.3, 0.4) is 0 Å². The predicted octanol–water partition coefficient (Wildman–Crippen LogP) is 1.98. The summed E-state index contributed by atoms with van der Waals surface area (Å²) in [5, 5.41) is 0. The van der Waals surface area contributed by atoms with Gasteiger partial charge in [0.25, 0.3) is 0 Å². The van der Waals surface area contributed by atoms with Crippen LogP contribution in [0, 0.1) is 0 Å². The number of nitrogens with zero attached hydrogens (tertiary/aromatic N) is 2. The summed E-state index contributed by atoms with van der Waals surface area (Å²) in [4.78, 5) is 15.5. The Hall–Kier alpha value is -1.00. The van der Waals surface area contributed by atoms with Gasteiger partial charge in [0.05, 0.1) is 0 Å². The Morgan fingerprint density at radius 3 is 2.39 bits per heavy atom. The number of aldehydes is 1. The minimum absolute atomic E-state index is 0.748. The second-order valence-corrected chi connectivity index (χ2v) is 5.52. The fraction of sp³-hybridized carbons (Fsp3) is 0.500. The molecule has 0 bridgehead atoms. The van der Waals surface area contributed by atoms with Gasteiger partial charge in [-0.25, -0.2) is 0 Å². The minimum Gasteiger partial charge on any atom is -0.369 e. The first kappa shape index (κ1) is 13.4. The number of piperazine rings is 1. The zero-order chi connectivity index (χ0) is 12.8. The summed E-state index contributed by atoms with van der Waals surface area (Å²) in [5.41, 5.74) is 1.97. The van der Waals surface area contributed by atoms with Crippen LogP contribution in [0.25, 0.3) is 0 Å². The number of carbonyl (C=O) groups excluding carboxylic acids is 1. The van der Waals surface area contributed by atoms with Crippen molar-refractivity contribution in [3.05, 3.63) is 29.8 Å². The van der Waals surface area contributed by atoms with Crippen LogP contribution < -0.4 is 4.90 Å². The fourth-order valence-electron chi connectivity index (χ4n) is 2.21. The number of rotatable bonds is 5. The van der Waals surface area contributed by atoms with Gasteiger partial charge in [-0.15, -0.1) is 0 Å². The van der Waals surface area contributed by atoms with E-state index in [9.17, 15) is 4.79 Å². The van der Waals surface area contributed by atoms with Crippen molar-refractivity contribution < 1.29 is 4.79 Å². The molecule has 18 heavy (non-hydrogen) atoms.